The average molecular weight is 278 g/mol. The van der Waals surface area contributed by atoms with Crippen molar-refractivity contribution >= 4 is 11.6 Å². The molecule has 1 aromatic carbocycles. The van der Waals surface area contributed by atoms with Gasteiger partial charge in [-0.2, -0.15) is 0 Å². The van der Waals surface area contributed by atoms with Crippen LogP contribution in [-0.2, 0) is 20.8 Å². The van der Waals surface area contributed by atoms with Gasteiger partial charge in [0.2, 0.25) is 0 Å². The molecular formula is C15H22N2O3. The van der Waals surface area contributed by atoms with Gasteiger partial charge in [-0.15, -0.1) is 0 Å². The largest absolute Gasteiger partial charge is 0.373 e. The highest BCUT2D eigenvalue weighted by molar-refractivity contribution is 5.95. The maximum Gasteiger partial charge on any atom is 0.256 e. The van der Waals surface area contributed by atoms with Gasteiger partial charge in [0.1, 0.15) is 0 Å². The highest BCUT2D eigenvalue weighted by Gasteiger charge is 2.30. The molecule has 1 aliphatic heterocycles. The lowest BCUT2D eigenvalue weighted by molar-refractivity contribution is -0.157. The zero-order valence-corrected chi connectivity index (χ0v) is 12.0. The van der Waals surface area contributed by atoms with Gasteiger partial charge in [-0.3, -0.25) is 4.79 Å². The molecule has 0 spiro atoms. The van der Waals surface area contributed by atoms with Gasteiger partial charge in [-0.1, -0.05) is 25.1 Å². The van der Waals surface area contributed by atoms with Crippen molar-refractivity contribution in [2.45, 2.75) is 32.6 Å². The summed E-state index contributed by atoms with van der Waals surface area (Å²) in [5.41, 5.74) is 1.88. The van der Waals surface area contributed by atoms with Gasteiger partial charge in [0, 0.05) is 12.2 Å². The van der Waals surface area contributed by atoms with E-state index in [-0.39, 0.29) is 12.0 Å². The van der Waals surface area contributed by atoms with Gasteiger partial charge in [-0.05, 0) is 25.1 Å². The van der Waals surface area contributed by atoms with Crippen LogP contribution in [0.1, 0.15) is 19.4 Å². The summed E-state index contributed by atoms with van der Waals surface area (Å²) in [6.07, 6.45) is -0.763. The molecule has 110 valence electrons. The molecule has 5 nitrogen and oxygen atoms in total. The number of rotatable bonds is 5. The standard InChI is InChI=1S/C15H22N2O3/c1-3-16-10-12-6-4-5-7-13(12)17-15(18)14-11(2)19-8-9-20-14/h4-7,11,14,16H,3,8-10H2,1-2H3,(H,17,18)/t11-,14-/m1/s1. The van der Waals surface area contributed by atoms with Crippen LogP contribution in [0.25, 0.3) is 0 Å². The van der Waals surface area contributed by atoms with Crippen molar-refractivity contribution in [2.75, 3.05) is 25.1 Å². The third-order valence-corrected chi connectivity index (χ3v) is 3.29. The minimum atomic E-state index is -0.545. The Kier molecular flexibility index (Phi) is 5.52. The quantitative estimate of drug-likeness (QED) is 0.857. The van der Waals surface area contributed by atoms with Crippen molar-refractivity contribution in [1.82, 2.24) is 5.32 Å². The molecule has 0 aromatic heterocycles. The van der Waals surface area contributed by atoms with E-state index in [2.05, 4.69) is 17.6 Å². The fourth-order valence-electron chi connectivity index (χ4n) is 2.18. The maximum absolute atomic E-state index is 12.3. The molecule has 0 bridgehead atoms. The Balaban J connectivity index is 2.03. The topological polar surface area (TPSA) is 59.6 Å². The van der Waals surface area contributed by atoms with Crippen molar-refractivity contribution < 1.29 is 14.3 Å². The second-order valence-electron chi connectivity index (χ2n) is 4.79. The van der Waals surface area contributed by atoms with E-state index >= 15 is 0 Å². The Hall–Kier alpha value is -1.43. The third kappa shape index (κ3) is 3.79. The molecule has 2 rings (SSSR count). The first-order valence-electron chi connectivity index (χ1n) is 7.05. The Morgan fingerprint density at radius 2 is 2.05 bits per heavy atom. The lowest BCUT2D eigenvalue weighted by atomic mass is 10.1. The summed E-state index contributed by atoms with van der Waals surface area (Å²) in [6.45, 7) is 6.52. The summed E-state index contributed by atoms with van der Waals surface area (Å²) in [7, 11) is 0. The molecule has 1 aliphatic rings. The first-order valence-corrected chi connectivity index (χ1v) is 7.05. The summed E-state index contributed by atoms with van der Waals surface area (Å²) in [5.74, 6) is -0.152. The molecule has 0 saturated carbocycles. The SMILES string of the molecule is CCNCc1ccccc1NC(=O)[C@@H]1OCCO[C@@H]1C. The molecule has 1 fully saturated rings. The smallest absolute Gasteiger partial charge is 0.256 e. The number of hydrogen-bond donors (Lipinski definition) is 2. The van der Waals surface area contributed by atoms with Gasteiger partial charge >= 0.3 is 0 Å². The molecule has 1 amide bonds. The lowest BCUT2D eigenvalue weighted by Crippen LogP contribution is -2.44. The van der Waals surface area contributed by atoms with E-state index in [1.165, 1.54) is 0 Å². The molecule has 2 N–H and O–H groups in total. The monoisotopic (exact) mass is 278 g/mol. The van der Waals surface area contributed by atoms with E-state index in [0.29, 0.717) is 13.2 Å². The van der Waals surface area contributed by atoms with Gasteiger partial charge in [-0.25, -0.2) is 0 Å². The summed E-state index contributed by atoms with van der Waals surface area (Å²) in [5, 5.41) is 6.19. The van der Waals surface area contributed by atoms with Crippen LogP contribution in [0, 0.1) is 0 Å². The minimum Gasteiger partial charge on any atom is -0.373 e. The number of para-hydroxylation sites is 1. The first-order chi connectivity index (χ1) is 9.72. The van der Waals surface area contributed by atoms with Crippen LogP contribution >= 0.6 is 0 Å². The molecular weight excluding hydrogens is 256 g/mol. The summed E-state index contributed by atoms with van der Waals surface area (Å²) in [6, 6.07) is 7.77. The Morgan fingerprint density at radius 3 is 2.80 bits per heavy atom. The maximum atomic E-state index is 12.3. The van der Waals surface area contributed by atoms with Crippen molar-refractivity contribution in [3.05, 3.63) is 29.8 Å². The average Bonchev–Trinajstić information content (AvgIpc) is 2.46. The highest BCUT2D eigenvalue weighted by Crippen LogP contribution is 2.17. The van der Waals surface area contributed by atoms with Gasteiger partial charge < -0.3 is 20.1 Å². The molecule has 5 heteroatoms. The summed E-state index contributed by atoms with van der Waals surface area (Å²) in [4.78, 5) is 12.3. The number of carbonyl (C=O) groups is 1. The normalized spacial score (nSPS) is 22.5. The summed E-state index contributed by atoms with van der Waals surface area (Å²) < 4.78 is 10.9. The van der Waals surface area contributed by atoms with Crippen LogP contribution in [0.2, 0.25) is 0 Å². The molecule has 0 radical (unpaired) electrons. The predicted molar refractivity (Wildman–Crippen MR) is 77.6 cm³/mol. The molecule has 0 unspecified atom stereocenters. The molecule has 2 atom stereocenters. The fourth-order valence-corrected chi connectivity index (χ4v) is 2.18. The van der Waals surface area contributed by atoms with Crippen molar-refractivity contribution in [3.63, 3.8) is 0 Å². The Labute approximate surface area is 119 Å². The molecule has 0 aliphatic carbocycles. The molecule has 1 aromatic rings. The highest BCUT2D eigenvalue weighted by atomic mass is 16.6. The predicted octanol–water partition coefficient (Wildman–Crippen LogP) is 1.54. The second-order valence-corrected chi connectivity index (χ2v) is 4.79. The number of hydrogen-bond acceptors (Lipinski definition) is 4. The van der Waals surface area contributed by atoms with E-state index in [0.717, 1.165) is 24.3 Å². The minimum absolute atomic E-state index is 0.152. The van der Waals surface area contributed by atoms with Gasteiger partial charge in [0.15, 0.2) is 6.10 Å². The van der Waals surface area contributed by atoms with Crippen LogP contribution in [-0.4, -0.2) is 37.9 Å². The van der Waals surface area contributed by atoms with E-state index in [4.69, 9.17) is 9.47 Å². The van der Waals surface area contributed by atoms with Crippen LogP contribution in [0.5, 0.6) is 0 Å². The van der Waals surface area contributed by atoms with Crippen LogP contribution in [0.3, 0.4) is 0 Å². The number of ether oxygens (including phenoxy) is 2. The number of amides is 1. The van der Waals surface area contributed by atoms with Crippen LogP contribution in [0.15, 0.2) is 24.3 Å². The lowest BCUT2D eigenvalue weighted by Gasteiger charge is -2.28. The van der Waals surface area contributed by atoms with Crippen molar-refractivity contribution in [1.29, 1.82) is 0 Å². The zero-order chi connectivity index (χ0) is 14.4. The number of anilines is 1. The Bertz CT molecular complexity index is 450. The van der Waals surface area contributed by atoms with E-state index in [1.807, 2.05) is 31.2 Å². The number of carbonyl (C=O) groups excluding carboxylic acids is 1. The Morgan fingerprint density at radius 1 is 1.30 bits per heavy atom. The number of nitrogens with one attached hydrogen (secondary N) is 2. The summed E-state index contributed by atoms with van der Waals surface area (Å²) >= 11 is 0. The zero-order valence-electron chi connectivity index (χ0n) is 12.0. The van der Waals surface area contributed by atoms with E-state index < -0.39 is 6.10 Å². The van der Waals surface area contributed by atoms with Crippen molar-refractivity contribution in [2.24, 2.45) is 0 Å². The molecule has 1 heterocycles. The first kappa shape index (κ1) is 15.0. The van der Waals surface area contributed by atoms with Crippen LogP contribution < -0.4 is 10.6 Å². The van der Waals surface area contributed by atoms with Gasteiger partial charge in [0.25, 0.3) is 5.91 Å². The molecule has 1 saturated heterocycles. The molecule has 20 heavy (non-hydrogen) atoms. The van der Waals surface area contributed by atoms with Crippen molar-refractivity contribution in [3.8, 4) is 0 Å². The van der Waals surface area contributed by atoms with Gasteiger partial charge in [0.05, 0.1) is 19.3 Å². The fraction of sp³-hybridized carbons (Fsp3) is 0.533. The van der Waals surface area contributed by atoms with Crippen LogP contribution in [0.4, 0.5) is 5.69 Å². The number of benzene rings is 1. The van der Waals surface area contributed by atoms with E-state index in [1.54, 1.807) is 0 Å². The second kappa shape index (κ2) is 7.38. The third-order valence-electron chi connectivity index (χ3n) is 3.29. The van der Waals surface area contributed by atoms with E-state index in [9.17, 15) is 4.79 Å².